The molecule has 0 radical (unpaired) electrons. The van der Waals surface area contributed by atoms with Gasteiger partial charge in [-0.25, -0.2) is 18.0 Å². The molecule has 160 valence electrons. The molecule has 0 aliphatic rings. The summed E-state index contributed by atoms with van der Waals surface area (Å²) in [4.78, 5) is 19.2. The summed E-state index contributed by atoms with van der Waals surface area (Å²) in [5, 5.41) is 3.85. The summed E-state index contributed by atoms with van der Waals surface area (Å²) >= 11 is 0. The molecule has 4 rings (SSSR count). The van der Waals surface area contributed by atoms with E-state index in [2.05, 4.69) is 14.9 Å². The molecule has 0 fully saturated rings. The van der Waals surface area contributed by atoms with Gasteiger partial charge >= 0.3 is 5.69 Å². The summed E-state index contributed by atoms with van der Waals surface area (Å²) in [6.07, 6.45) is 1.84. The Morgan fingerprint density at radius 1 is 0.969 bits per heavy atom. The molecule has 4 aromatic rings. The van der Waals surface area contributed by atoms with Gasteiger partial charge in [0.25, 0.3) is 5.82 Å². The van der Waals surface area contributed by atoms with E-state index in [1.165, 1.54) is 12.1 Å². The molecule has 0 unspecified atom stereocenters. The fourth-order valence-electron chi connectivity index (χ4n) is 2.85. The Hall–Kier alpha value is -4.46. The van der Waals surface area contributed by atoms with Crippen LogP contribution in [0.2, 0.25) is 0 Å². The number of nitrogens with zero attached hydrogens (tertiary/aromatic N) is 5. The van der Waals surface area contributed by atoms with Crippen LogP contribution in [0.25, 0.3) is 10.5 Å². The van der Waals surface area contributed by atoms with E-state index in [4.69, 9.17) is 11.3 Å². The highest BCUT2D eigenvalue weighted by Crippen LogP contribution is 2.29. The predicted molar refractivity (Wildman–Crippen MR) is 104 cm³/mol. The van der Waals surface area contributed by atoms with Gasteiger partial charge in [0.05, 0.1) is 12.2 Å². The van der Waals surface area contributed by atoms with Gasteiger partial charge in [-0.15, -0.1) is 4.98 Å². The summed E-state index contributed by atoms with van der Waals surface area (Å²) in [5.74, 6) is -4.37. The van der Waals surface area contributed by atoms with Crippen LogP contribution in [-0.4, -0.2) is 19.3 Å². The molecule has 0 amide bonds. The van der Waals surface area contributed by atoms with Gasteiger partial charge in [0.1, 0.15) is 18.0 Å². The van der Waals surface area contributed by atoms with Gasteiger partial charge in [-0.05, 0) is 24.3 Å². The lowest BCUT2D eigenvalue weighted by molar-refractivity contribution is 0.413. The third kappa shape index (κ3) is 3.93. The van der Waals surface area contributed by atoms with Crippen LogP contribution in [-0.2, 0) is 6.54 Å². The molecule has 11 heteroatoms. The zero-order chi connectivity index (χ0) is 22.8. The van der Waals surface area contributed by atoms with Crippen LogP contribution in [0.3, 0.4) is 0 Å². The average Bonchev–Trinajstić information content (AvgIpc) is 3.14. The Balaban J connectivity index is 1.62. The van der Waals surface area contributed by atoms with Crippen LogP contribution in [0.5, 0.6) is 11.5 Å². The topological polar surface area (TPSA) is 66.3 Å². The Kier molecular flexibility index (Phi) is 5.43. The van der Waals surface area contributed by atoms with E-state index in [1.54, 1.807) is 0 Å². The Bertz CT molecular complexity index is 1400. The smallest absolute Gasteiger partial charge is 0.350 e. The molecule has 0 atom stereocenters. The van der Waals surface area contributed by atoms with E-state index in [0.717, 1.165) is 52.1 Å². The average molecular weight is 441 g/mol. The van der Waals surface area contributed by atoms with Crippen molar-refractivity contribution >= 4 is 5.82 Å². The SMILES string of the molecule is [C-]#[N+]c1cc(Oc2ccc(-n3ncn(Cc4c(F)cccc4F)c3=O)cc2F)c(F)cn1. The van der Waals surface area contributed by atoms with Crippen LogP contribution in [0, 0.1) is 29.8 Å². The molecule has 0 spiro atoms. The number of benzene rings is 2. The molecule has 0 aliphatic heterocycles. The van der Waals surface area contributed by atoms with Gasteiger partial charge in [-0.2, -0.15) is 14.2 Å². The van der Waals surface area contributed by atoms with Gasteiger partial charge in [0.2, 0.25) is 5.82 Å². The third-order valence-electron chi connectivity index (χ3n) is 4.42. The number of halogens is 4. The predicted octanol–water partition coefficient (Wildman–Crippen LogP) is 4.38. The molecular weight excluding hydrogens is 430 g/mol. The molecule has 0 N–H and O–H groups in total. The summed E-state index contributed by atoms with van der Waals surface area (Å²) in [6.45, 7) is 6.49. The highest BCUT2D eigenvalue weighted by Gasteiger charge is 2.16. The number of rotatable bonds is 5. The van der Waals surface area contributed by atoms with Gasteiger partial charge in [0.15, 0.2) is 23.5 Å². The van der Waals surface area contributed by atoms with Crippen molar-refractivity contribution in [1.29, 1.82) is 0 Å². The summed E-state index contributed by atoms with van der Waals surface area (Å²) in [7, 11) is 0. The van der Waals surface area contributed by atoms with Gasteiger partial charge in [-0.1, -0.05) is 12.6 Å². The summed E-state index contributed by atoms with van der Waals surface area (Å²) < 4.78 is 63.1. The normalized spacial score (nSPS) is 10.7. The molecule has 7 nitrogen and oxygen atoms in total. The molecule has 0 aliphatic carbocycles. The number of hydrogen-bond donors (Lipinski definition) is 0. The van der Waals surface area contributed by atoms with Crippen molar-refractivity contribution < 1.29 is 22.3 Å². The second-order valence-electron chi connectivity index (χ2n) is 6.45. The lowest BCUT2D eigenvalue weighted by atomic mass is 10.2. The van der Waals surface area contributed by atoms with Crippen molar-refractivity contribution in [3.63, 3.8) is 0 Å². The molecule has 0 bridgehead atoms. The van der Waals surface area contributed by atoms with Crippen molar-refractivity contribution in [2.45, 2.75) is 6.54 Å². The minimum absolute atomic E-state index is 0.00431. The third-order valence-corrected chi connectivity index (χ3v) is 4.42. The van der Waals surface area contributed by atoms with Gasteiger partial charge in [-0.3, -0.25) is 4.57 Å². The van der Waals surface area contributed by atoms with Crippen molar-refractivity contribution in [2.24, 2.45) is 0 Å². The number of aromatic nitrogens is 4. The molecular formula is C21H11F4N5O2. The first-order valence-electron chi connectivity index (χ1n) is 8.95. The molecule has 2 aromatic carbocycles. The van der Waals surface area contributed by atoms with E-state index in [9.17, 15) is 22.4 Å². The van der Waals surface area contributed by atoms with Gasteiger partial charge in [0, 0.05) is 17.7 Å². The van der Waals surface area contributed by atoms with E-state index < -0.39 is 41.3 Å². The van der Waals surface area contributed by atoms with E-state index in [-0.39, 0.29) is 22.8 Å². The first-order valence-corrected chi connectivity index (χ1v) is 8.95. The highest BCUT2D eigenvalue weighted by molar-refractivity contribution is 5.45. The maximum atomic E-state index is 14.6. The Morgan fingerprint density at radius 3 is 2.41 bits per heavy atom. The monoisotopic (exact) mass is 441 g/mol. The summed E-state index contributed by atoms with van der Waals surface area (Å²) in [6, 6.07) is 7.70. The first kappa shape index (κ1) is 20.8. The van der Waals surface area contributed by atoms with Gasteiger partial charge < -0.3 is 9.58 Å². The second kappa shape index (κ2) is 8.35. The summed E-state index contributed by atoms with van der Waals surface area (Å²) in [5.41, 5.74) is -1.07. The molecule has 0 saturated carbocycles. The number of ether oxygens (including phenoxy) is 1. The minimum Gasteiger partial charge on any atom is -0.452 e. The van der Waals surface area contributed by atoms with Crippen molar-refractivity contribution in [3.8, 4) is 17.2 Å². The van der Waals surface area contributed by atoms with Crippen LogP contribution in [0.4, 0.5) is 23.4 Å². The number of hydrogen-bond acceptors (Lipinski definition) is 4. The van der Waals surface area contributed by atoms with Crippen LogP contribution >= 0.6 is 0 Å². The largest absolute Gasteiger partial charge is 0.452 e. The Labute approximate surface area is 177 Å². The second-order valence-corrected chi connectivity index (χ2v) is 6.45. The fraction of sp³-hybridized carbons (Fsp3) is 0.0476. The van der Waals surface area contributed by atoms with Crippen LogP contribution in [0.15, 0.2) is 59.8 Å². The Morgan fingerprint density at radius 2 is 1.72 bits per heavy atom. The zero-order valence-corrected chi connectivity index (χ0v) is 16.0. The first-order chi connectivity index (χ1) is 15.4. The van der Waals surface area contributed by atoms with E-state index >= 15 is 0 Å². The highest BCUT2D eigenvalue weighted by atomic mass is 19.1. The fourth-order valence-corrected chi connectivity index (χ4v) is 2.85. The zero-order valence-electron chi connectivity index (χ0n) is 16.0. The minimum atomic E-state index is -0.940. The van der Waals surface area contributed by atoms with Crippen LogP contribution in [0.1, 0.15) is 5.56 Å². The molecule has 0 saturated heterocycles. The van der Waals surface area contributed by atoms with Crippen molar-refractivity contribution in [3.05, 3.63) is 106 Å². The standard InChI is InChI=1S/C21H11F4N5O2/c1-26-20-8-19(17(25)9-27-20)32-18-6-5-12(7-16(18)24)30-21(31)29(11-28-30)10-13-14(22)3-2-4-15(13)23/h2-9,11H,10H2. The van der Waals surface area contributed by atoms with Crippen LogP contribution < -0.4 is 10.4 Å². The lowest BCUT2D eigenvalue weighted by Crippen LogP contribution is -2.24. The molecule has 2 heterocycles. The van der Waals surface area contributed by atoms with E-state index in [0.29, 0.717) is 0 Å². The number of pyridine rings is 1. The molecule has 32 heavy (non-hydrogen) atoms. The lowest BCUT2D eigenvalue weighted by Gasteiger charge is -2.09. The van der Waals surface area contributed by atoms with Crippen molar-refractivity contribution in [1.82, 2.24) is 19.3 Å². The maximum absolute atomic E-state index is 14.6. The maximum Gasteiger partial charge on any atom is 0.350 e. The van der Waals surface area contributed by atoms with E-state index in [1.807, 2.05) is 0 Å². The van der Waals surface area contributed by atoms with Crippen molar-refractivity contribution in [2.75, 3.05) is 0 Å². The quantitative estimate of drug-likeness (QED) is 0.341. The molecule has 2 aromatic heterocycles.